The summed E-state index contributed by atoms with van der Waals surface area (Å²) in [5.74, 6) is 0. The minimum absolute atomic E-state index is 0.784. The fourth-order valence-electron chi connectivity index (χ4n) is 1.35. The van der Waals surface area contributed by atoms with Crippen LogP contribution in [0, 0.1) is 13.8 Å². The van der Waals surface area contributed by atoms with Crippen LogP contribution < -0.4 is 0 Å². The van der Waals surface area contributed by atoms with Gasteiger partial charge in [0, 0.05) is 4.90 Å². The molecule has 1 aromatic carbocycles. The molecule has 3 heteroatoms. The van der Waals surface area contributed by atoms with Gasteiger partial charge >= 0.3 is 0 Å². The third-order valence-corrected chi connectivity index (χ3v) is 4.55. The molecule has 0 atom stereocenters. The summed E-state index contributed by atoms with van der Waals surface area (Å²) in [6, 6.07) is 10.3. The molecule has 1 aromatic heterocycles. The molecule has 0 aliphatic carbocycles. The van der Waals surface area contributed by atoms with E-state index in [1.165, 1.54) is 27.4 Å². The Bertz CT molecular complexity index is 514. The molecule has 0 radical (unpaired) electrons. The van der Waals surface area contributed by atoms with Gasteiger partial charge in [0.15, 0.2) is 6.29 Å². The van der Waals surface area contributed by atoms with E-state index in [1.54, 1.807) is 11.8 Å². The normalized spacial score (nSPS) is 10.4. The van der Waals surface area contributed by atoms with Crippen molar-refractivity contribution in [1.82, 2.24) is 0 Å². The van der Waals surface area contributed by atoms with Crippen molar-refractivity contribution in [1.29, 1.82) is 0 Å². The maximum atomic E-state index is 10.6. The van der Waals surface area contributed by atoms with Crippen LogP contribution in [0.3, 0.4) is 0 Å². The Kier molecular flexibility index (Phi) is 3.46. The van der Waals surface area contributed by atoms with E-state index in [9.17, 15) is 4.79 Å². The molecule has 2 rings (SSSR count). The largest absolute Gasteiger partial charge is 0.297 e. The van der Waals surface area contributed by atoms with Crippen LogP contribution in [0.2, 0.25) is 0 Å². The molecule has 0 unspecified atom stereocenters. The Morgan fingerprint density at radius 1 is 1.12 bits per heavy atom. The monoisotopic (exact) mass is 248 g/mol. The molecule has 0 saturated carbocycles. The van der Waals surface area contributed by atoms with Gasteiger partial charge < -0.3 is 0 Å². The summed E-state index contributed by atoms with van der Waals surface area (Å²) >= 11 is 3.24. The van der Waals surface area contributed by atoms with E-state index in [0.717, 1.165) is 15.4 Å². The van der Waals surface area contributed by atoms with Crippen molar-refractivity contribution >= 4 is 29.4 Å². The molecule has 0 fully saturated rings. The average molecular weight is 248 g/mol. The maximum absolute atomic E-state index is 10.6. The Hall–Kier alpha value is -1.06. The van der Waals surface area contributed by atoms with Crippen LogP contribution >= 0.6 is 23.1 Å². The minimum Gasteiger partial charge on any atom is -0.297 e. The first-order valence-corrected chi connectivity index (χ1v) is 6.62. The van der Waals surface area contributed by atoms with Crippen molar-refractivity contribution in [2.75, 3.05) is 0 Å². The van der Waals surface area contributed by atoms with Crippen LogP contribution in [0.4, 0.5) is 0 Å². The fourth-order valence-corrected chi connectivity index (χ4v) is 3.38. The fraction of sp³-hybridized carbons (Fsp3) is 0.154. The lowest BCUT2D eigenvalue weighted by molar-refractivity contribution is 0.112. The van der Waals surface area contributed by atoms with E-state index in [-0.39, 0.29) is 0 Å². The van der Waals surface area contributed by atoms with E-state index >= 15 is 0 Å². The van der Waals surface area contributed by atoms with Gasteiger partial charge in [0.1, 0.15) is 0 Å². The molecule has 0 aliphatic heterocycles. The average Bonchev–Trinajstić information content (AvgIpc) is 2.71. The highest BCUT2D eigenvalue weighted by Crippen LogP contribution is 2.33. The van der Waals surface area contributed by atoms with Gasteiger partial charge in [-0.25, -0.2) is 0 Å². The number of hydrogen-bond acceptors (Lipinski definition) is 3. The Balaban J connectivity index is 2.20. The molecular weight excluding hydrogens is 236 g/mol. The van der Waals surface area contributed by atoms with Gasteiger partial charge in [-0.3, -0.25) is 4.79 Å². The second-order valence-electron chi connectivity index (χ2n) is 3.62. The Morgan fingerprint density at radius 3 is 2.56 bits per heavy atom. The zero-order chi connectivity index (χ0) is 11.5. The molecule has 16 heavy (non-hydrogen) atoms. The third-order valence-electron chi connectivity index (χ3n) is 2.42. The Labute approximate surface area is 104 Å². The standard InChI is InChI=1S/C13H12OS2/c1-9-3-4-11(7-10(9)2)15-13-6-5-12(8-14)16-13/h3-8H,1-2H3. The minimum atomic E-state index is 0.784. The lowest BCUT2D eigenvalue weighted by Gasteiger charge is -2.03. The number of rotatable bonds is 3. The first-order valence-electron chi connectivity index (χ1n) is 4.99. The van der Waals surface area contributed by atoms with Crippen molar-refractivity contribution in [3.05, 3.63) is 46.3 Å². The zero-order valence-corrected chi connectivity index (χ0v) is 10.8. The van der Waals surface area contributed by atoms with E-state index < -0.39 is 0 Å². The Morgan fingerprint density at radius 2 is 1.94 bits per heavy atom. The van der Waals surface area contributed by atoms with Crippen molar-refractivity contribution in [3.63, 3.8) is 0 Å². The van der Waals surface area contributed by atoms with Gasteiger partial charge in [0.25, 0.3) is 0 Å². The molecule has 0 saturated heterocycles. The van der Waals surface area contributed by atoms with E-state index in [2.05, 4.69) is 32.0 Å². The predicted molar refractivity (Wildman–Crippen MR) is 69.7 cm³/mol. The van der Waals surface area contributed by atoms with Gasteiger partial charge in [0.05, 0.1) is 9.09 Å². The van der Waals surface area contributed by atoms with Gasteiger partial charge in [-0.1, -0.05) is 17.8 Å². The molecule has 2 aromatic rings. The van der Waals surface area contributed by atoms with E-state index in [0.29, 0.717) is 0 Å². The molecule has 82 valence electrons. The molecule has 1 nitrogen and oxygen atoms in total. The highest BCUT2D eigenvalue weighted by molar-refractivity contribution is 8.01. The summed E-state index contributed by atoms with van der Waals surface area (Å²) in [6.45, 7) is 4.23. The number of benzene rings is 1. The third kappa shape index (κ3) is 2.54. The van der Waals surface area contributed by atoms with Crippen LogP contribution in [-0.2, 0) is 0 Å². The summed E-state index contributed by atoms with van der Waals surface area (Å²) < 4.78 is 1.16. The summed E-state index contributed by atoms with van der Waals surface area (Å²) in [4.78, 5) is 12.6. The number of hydrogen-bond donors (Lipinski definition) is 0. The highest BCUT2D eigenvalue weighted by Gasteiger charge is 2.02. The van der Waals surface area contributed by atoms with Crippen LogP contribution in [-0.4, -0.2) is 6.29 Å². The number of carbonyl (C=O) groups is 1. The predicted octanol–water partition coefficient (Wildman–Crippen LogP) is 4.33. The van der Waals surface area contributed by atoms with Gasteiger partial charge in [-0.05, 0) is 49.2 Å². The quantitative estimate of drug-likeness (QED) is 0.752. The number of aryl methyl sites for hydroxylation is 2. The van der Waals surface area contributed by atoms with E-state index in [4.69, 9.17) is 0 Å². The van der Waals surface area contributed by atoms with Crippen molar-refractivity contribution < 1.29 is 4.79 Å². The molecule has 0 spiro atoms. The summed E-state index contributed by atoms with van der Waals surface area (Å²) in [6.07, 6.45) is 0.898. The number of aldehydes is 1. The molecule has 0 bridgehead atoms. The summed E-state index contributed by atoms with van der Waals surface area (Å²) in [5, 5.41) is 0. The smallest absolute Gasteiger partial charge is 0.160 e. The van der Waals surface area contributed by atoms with Gasteiger partial charge in [0.2, 0.25) is 0 Å². The van der Waals surface area contributed by atoms with Crippen molar-refractivity contribution in [3.8, 4) is 0 Å². The summed E-state index contributed by atoms with van der Waals surface area (Å²) in [5.41, 5.74) is 2.61. The molecule has 0 amide bonds. The van der Waals surface area contributed by atoms with E-state index in [1.807, 2.05) is 12.1 Å². The second-order valence-corrected chi connectivity index (χ2v) is 6.11. The first kappa shape index (κ1) is 11.4. The van der Waals surface area contributed by atoms with Crippen LogP contribution in [0.15, 0.2) is 39.4 Å². The van der Waals surface area contributed by atoms with Crippen molar-refractivity contribution in [2.45, 2.75) is 23.0 Å². The number of carbonyl (C=O) groups excluding carboxylic acids is 1. The first-order chi connectivity index (χ1) is 7.69. The molecule has 0 N–H and O–H groups in total. The summed E-state index contributed by atoms with van der Waals surface area (Å²) in [7, 11) is 0. The molecule has 0 aliphatic rings. The molecular formula is C13H12OS2. The van der Waals surface area contributed by atoms with Crippen LogP contribution in [0.25, 0.3) is 0 Å². The highest BCUT2D eigenvalue weighted by atomic mass is 32.2. The van der Waals surface area contributed by atoms with Crippen molar-refractivity contribution in [2.24, 2.45) is 0 Å². The van der Waals surface area contributed by atoms with Crippen LogP contribution in [0.5, 0.6) is 0 Å². The lowest BCUT2D eigenvalue weighted by atomic mass is 10.1. The van der Waals surface area contributed by atoms with Crippen LogP contribution in [0.1, 0.15) is 20.8 Å². The second kappa shape index (κ2) is 4.85. The maximum Gasteiger partial charge on any atom is 0.160 e. The zero-order valence-electron chi connectivity index (χ0n) is 9.19. The lowest BCUT2D eigenvalue weighted by Crippen LogP contribution is -1.80. The molecule has 1 heterocycles. The van der Waals surface area contributed by atoms with Gasteiger partial charge in [-0.15, -0.1) is 11.3 Å². The topological polar surface area (TPSA) is 17.1 Å². The number of thiophene rings is 1. The SMILES string of the molecule is Cc1ccc(Sc2ccc(C=O)s2)cc1C. The van der Waals surface area contributed by atoms with Gasteiger partial charge in [-0.2, -0.15) is 0 Å².